The van der Waals surface area contributed by atoms with Gasteiger partial charge >= 0.3 is 0 Å². The zero-order valence-corrected chi connectivity index (χ0v) is 13.1. The highest BCUT2D eigenvalue weighted by Gasteiger charge is 2.24. The molecule has 0 N–H and O–H groups in total. The minimum Gasteiger partial charge on any atom is -0.331 e. The summed E-state index contributed by atoms with van der Waals surface area (Å²) in [5, 5.41) is 1.16. The highest BCUT2D eigenvalue weighted by Crippen LogP contribution is 2.38. The maximum Gasteiger partial charge on any atom is 0.246 e. The summed E-state index contributed by atoms with van der Waals surface area (Å²) in [4.78, 5) is 14.2. The van der Waals surface area contributed by atoms with Crippen LogP contribution in [0.2, 0.25) is 0 Å². The zero-order valence-electron chi connectivity index (χ0n) is 11.5. The lowest BCUT2D eigenvalue weighted by Crippen LogP contribution is -2.28. The Labute approximate surface area is 130 Å². The molecule has 0 spiro atoms. The maximum absolute atomic E-state index is 12.5. The first kappa shape index (κ1) is 12.7. The number of carbonyl (C=O) groups is 1. The largest absolute Gasteiger partial charge is 0.331 e. The van der Waals surface area contributed by atoms with Gasteiger partial charge in [-0.25, -0.2) is 0 Å². The first-order chi connectivity index (χ1) is 10.1. The Bertz CT molecular complexity index is 882. The number of likely N-dealkylation sites (N-methyl/N-ethyl adjacent to an activating group) is 1. The Morgan fingerprint density at radius 2 is 1.90 bits per heavy atom. The van der Waals surface area contributed by atoms with Gasteiger partial charge in [0.1, 0.15) is 6.54 Å². The molecule has 1 amide bonds. The Morgan fingerprint density at radius 3 is 2.76 bits per heavy atom. The normalized spacial score (nSPS) is 14.0. The fourth-order valence-electron chi connectivity index (χ4n) is 2.99. The lowest BCUT2D eigenvalue weighted by Gasteiger charge is -2.17. The van der Waals surface area contributed by atoms with Crippen LogP contribution in [0, 0.1) is 0 Å². The van der Waals surface area contributed by atoms with Crippen molar-refractivity contribution in [3.05, 3.63) is 53.0 Å². The molecule has 0 atom stereocenters. The van der Waals surface area contributed by atoms with Crippen molar-refractivity contribution >= 4 is 38.4 Å². The van der Waals surface area contributed by atoms with E-state index < -0.39 is 0 Å². The molecular formula is C17H13BrN2O. The van der Waals surface area contributed by atoms with Crippen LogP contribution < -0.4 is 4.90 Å². The van der Waals surface area contributed by atoms with E-state index >= 15 is 0 Å². The van der Waals surface area contributed by atoms with Gasteiger partial charge in [0, 0.05) is 28.0 Å². The van der Waals surface area contributed by atoms with E-state index in [1.807, 2.05) is 31.3 Å². The zero-order chi connectivity index (χ0) is 14.6. The van der Waals surface area contributed by atoms with Gasteiger partial charge in [0.2, 0.25) is 5.91 Å². The lowest BCUT2D eigenvalue weighted by atomic mass is 10.1. The van der Waals surface area contributed by atoms with Crippen molar-refractivity contribution in [2.45, 2.75) is 6.54 Å². The summed E-state index contributed by atoms with van der Waals surface area (Å²) in [5.74, 6) is 0.0960. The summed E-state index contributed by atoms with van der Waals surface area (Å²) in [7, 11) is 1.84. The van der Waals surface area contributed by atoms with Crippen LogP contribution in [0.15, 0.2) is 53.0 Å². The van der Waals surface area contributed by atoms with Crippen LogP contribution in [0.3, 0.4) is 0 Å². The molecule has 21 heavy (non-hydrogen) atoms. The van der Waals surface area contributed by atoms with Gasteiger partial charge in [-0.15, -0.1) is 0 Å². The molecule has 0 bridgehead atoms. The average molecular weight is 341 g/mol. The summed E-state index contributed by atoms with van der Waals surface area (Å²) in [6, 6.07) is 16.4. The molecule has 2 aromatic carbocycles. The fraction of sp³-hybridized carbons (Fsp3) is 0.118. The van der Waals surface area contributed by atoms with E-state index in [0.717, 1.165) is 32.3 Å². The first-order valence-corrected chi connectivity index (χ1v) is 7.59. The number of para-hydroxylation sites is 1. The van der Waals surface area contributed by atoms with Crippen LogP contribution >= 0.6 is 15.9 Å². The molecule has 1 aliphatic rings. The summed E-state index contributed by atoms with van der Waals surface area (Å²) in [5.41, 5.74) is 4.21. The molecule has 0 unspecified atom stereocenters. The molecule has 0 saturated carbocycles. The molecule has 2 heterocycles. The minimum absolute atomic E-state index is 0.0960. The SMILES string of the molecule is CN1C(=O)Cn2c(cc3ccccc32)-c2cc(Br)ccc21. The second-order valence-electron chi connectivity index (χ2n) is 5.29. The predicted molar refractivity (Wildman–Crippen MR) is 88.5 cm³/mol. The van der Waals surface area contributed by atoms with E-state index in [0.29, 0.717) is 6.54 Å². The Hall–Kier alpha value is -2.07. The number of hydrogen-bond acceptors (Lipinski definition) is 1. The number of rotatable bonds is 0. The van der Waals surface area contributed by atoms with Crippen LogP contribution in [-0.2, 0) is 11.3 Å². The maximum atomic E-state index is 12.5. The summed E-state index contributed by atoms with van der Waals surface area (Å²) >= 11 is 3.53. The molecule has 3 nitrogen and oxygen atoms in total. The second kappa shape index (κ2) is 4.46. The summed E-state index contributed by atoms with van der Waals surface area (Å²) < 4.78 is 3.12. The summed E-state index contributed by atoms with van der Waals surface area (Å²) in [6.45, 7) is 0.367. The fourth-order valence-corrected chi connectivity index (χ4v) is 3.35. The van der Waals surface area contributed by atoms with Gasteiger partial charge in [-0.2, -0.15) is 0 Å². The highest BCUT2D eigenvalue weighted by atomic mass is 79.9. The van der Waals surface area contributed by atoms with E-state index in [2.05, 4.69) is 44.8 Å². The van der Waals surface area contributed by atoms with Crippen molar-refractivity contribution in [3.8, 4) is 11.3 Å². The standard InChI is InChI=1S/C17H13BrN2O/c1-19-15-7-6-12(18)9-13(15)16-8-11-4-2-3-5-14(11)20(16)10-17(19)21/h2-9H,10H2,1H3. The Balaban J connectivity index is 2.12. The lowest BCUT2D eigenvalue weighted by molar-refractivity contribution is -0.118. The van der Waals surface area contributed by atoms with Crippen LogP contribution in [0.25, 0.3) is 22.2 Å². The number of amides is 1. The Kier molecular flexibility index (Phi) is 2.69. The van der Waals surface area contributed by atoms with Crippen molar-refractivity contribution in [1.82, 2.24) is 4.57 Å². The third-order valence-electron chi connectivity index (χ3n) is 4.07. The molecule has 4 rings (SSSR count). The van der Waals surface area contributed by atoms with E-state index in [9.17, 15) is 4.79 Å². The molecule has 0 radical (unpaired) electrons. The van der Waals surface area contributed by atoms with Crippen molar-refractivity contribution in [3.63, 3.8) is 0 Å². The topological polar surface area (TPSA) is 25.2 Å². The monoisotopic (exact) mass is 340 g/mol. The minimum atomic E-state index is 0.0960. The number of fused-ring (bicyclic) bond motifs is 5. The van der Waals surface area contributed by atoms with Crippen LogP contribution in [0.1, 0.15) is 0 Å². The van der Waals surface area contributed by atoms with Gasteiger partial charge in [-0.1, -0.05) is 34.1 Å². The van der Waals surface area contributed by atoms with Gasteiger partial charge in [0.05, 0.1) is 11.4 Å². The van der Waals surface area contributed by atoms with Crippen molar-refractivity contribution in [2.24, 2.45) is 0 Å². The number of halogens is 1. The van der Waals surface area contributed by atoms with E-state index in [1.165, 1.54) is 0 Å². The molecule has 0 saturated heterocycles. The van der Waals surface area contributed by atoms with Gasteiger partial charge in [0.25, 0.3) is 0 Å². The first-order valence-electron chi connectivity index (χ1n) is 6.80. The number of nitrogens with zero attached hydrogens (tertiary/aromatic N) is 2. The number of aromatic nitrogens is 1. The second-order valence-corrected chi connectivity index (χ2v) is 6.20. The molecule has 0 fully saturated rings. The van der Waals surface area contributed by atoms with Gasteiger partial charge in [-0.05, 0) is 30.3 Å². The smallest absolute Gasteiger partial charge is 0.246 e. The van der Waals surface area contributed by atoms with Crippen molar-refractivity contribution in [2.75, 3.05) is 11.9 Å². The molecule has 3 aromatic rings. The third kappa shape index (κ3) is 1.83. The van der Waals surface area contributed by atoms with Crippen LogP contribution in [0.4, 0.5) is 5.69 Å². The highest BCUT2D eigenvalue weighted by molar-refractivity contribution is 9.10. The third-order valence-corrected chi connectivity index (χ3v) is 4.57. The molecule has 4 heteroatoms. The van der Waals surface area contributed by atoms with Crippen LogP contribution in [-0.4, -0.2) is 17.5 Å². The molecule has 0 aliphatic carbocycles. The van der Waals surface area contributed by atoms with Crippen molar-refractivity contribution in [1.29, 1.82) is 0 Å². The van der Waals surface area contributed by atoms with Gasteiger partial charge < -0.3 is 9.47 Å². The van der Waals surface area contributed by atoms with Gasteiger partial charge in [0.15, 0.2) is 0 Å². The summed E-state index contributed by atoms with van der Waals surface area (Å²) in [6.07, 6.45) is 0. The van der Waals surface area contributed by atoms with Crippen LogP contribution in [0.5, 0.6) is 0 Å². The van der Waals surface area contributed by atoms with E-state index in [1.54, 1.807) is 4.90 Å². The van der Waals surface area contributed by atoms with E-state index in [-0.39, 0.29) is 5.91 Å². The molecule has 1 aliphatic heterocycles. The number of benzene rings is 2. The Morgan fingerprint density at radius 1 is 1.10 bits per heavy atom. The molecule has 104 valence electrons. The quantitative estimate of drug-likeness (QED) is 0.606. The van der Waals surface area contributed by atoms with E-state index in [4.69, 9.17) is 0 Å². The molecular weight excluding hydrogens is 328 g/mol. The number of hydrogen-bond donors (Lipinski definition) is 0. The number of carbonyl (C=O) groups excluding carboxylic acids is 1. The van der Waals surface area contributed by atoms with Gasteiger partial charge in [-0.3, -0.25) is 4.79 Å². The predicted octanol–water partition coefficient (Wildman–Crippen LogP) is 4.05. The molecule has 1 aromatic heterocycles. The average Bonchev–Trinajstić information content (AvgIpc) is 2.81. The van der Waals surface area contributed by atoms with Crippen molar-refractivity contribution < 1.29 is 4.79 Å². The number of anilines is 1.